The Kier molecular flexibility index (Phi) is 3.06. The van der Waals surface area contributed by atoms with Gasteiger partial charge in [0.2, 0.25) is 0 Å². The number of hydrogen-bond acceptors (Lipinski definition) is 0. The highest BCUT2D eigenvalue weighted by molar-refractivity contribution is 9.09. The Labute approximate surface area is 101 Å². The molecular weight excluding hydrogens is 274 g/mol. The van der Waals surface area contributed by atoms with Crippen LogP contribution in [0.15, 0.2) is 54.6 Å². The minimum absolute atomic E-state index is 0.0128. The summed E-state index contributed by atoms with van der Waals surface area (Å²) in [4.78, 5) is -3.00. The van der Waals surface area contributed by atoms with Gasteiger partial charge < -0.3 is 0 Å². The molecular formula is C13H9BrF2. The standard InChI is InChI=1S/C13H9BrF2/c14-13(15,16)12-9-5-4-8-11(12)10-6-2-1-3-7-10/h1-9H. The van der Waals surface area contributed by atoms with Crippen molar-refractivity contribution >= 4 is 15.9 Å². The summed E-state index contributed by atoms with van der Waals surface area (Å²) in [6.07, 6.45) is 0. The molecule has 0 amide bonds. The smallest absolute Gasteiger partial charge is 0.188 e. The molecule has 2 aromatic rings. The summed E-state index contributed by atoms with van der Waals surface area (Å²) in [5.41, 5.74) is 1.32. The monoisotopic (exact) mass is 282 g/mol. The Balaban J connectivity index is 2.58. The van der Waals surface area contributed by atoms with E-state index in [1.54, 1.807) is 18.2 Å². The lowest BCUT2D eigenvalue weighted by atomic mass is 10.0. The van der Waals surface area contributed by atoms with E-state index in [0.717, 1.165) is 5.56 Å². The predicted octanol–water partition coefficient (Wildman–Crippen LogP) is 4.80. The molecule has 0 aliphatic carbocycles. The Hall–Kier alpha value is -1.22. The van der Waals surface area contributed by atoms with E-state index in [1.807, 2.05) is 30.3 Å². The lowest BCUT2D eigenvalue weighted by molar-refractivity contribution is 0.115. The second-order valence-corrected chi connectivity index (χ2v) is 4.41. The van der Waals surface area contributed by atoms with E-state index in [-0.39, 0.29) is 5.56 Å². The van der Waals surface area contributed by atoms with Crippen molar-refractivity contribution in [2.75, 3.05) is 0 Å². The minimum Gasteiger partial charge on any atom is -0.188 e. The van der Waals surface area contributed by atoms with Gasteiger partial charge in [0.05, 0.1) is 0 Å². The molecule has 0 N–H and O–H groups in total. The quantitative estimate of drug-likeness (QED) is 0.694. The van der Waals surface area contributed by atoms with Gasteiger partial charge in [-0.3, -0.25) is 0 Å². The number of rotatable bonds is 2. The molecule has 2 aromatic carbocycles. The van der Waals surface area contributed by atoms with Gasteiger partial charge in [-0.2, -0.15) is 8.78 Å². The van der Waals surface area contributed by atoms with Crippen LogP contribution in [0.2, 0.25) is 0 Å². The number of benzene rings is 2. The van der Waals surface area contributed by atoms with Crippen LogP contribution in [0.3, 0.4) is 0 Å². The molecule has 0 aromatic heterocycles. The Bertz CT molecular complexity index is 475. The summed E-state index contributed by atoms with van der Waals surface area (Å²) in [5.74, 6) is 0. The van der Waals surface area contributed by atoms with Crippen LogP contribution in [0.4, 0.5) is 8.78 Å². The third-order valence-corrected chi connectivity index (χ3v) is 2.74. The highest BCUT2D eigenvalue weighted by Crippen LogP contribution is 2.40. The first-order valence-electron chi connectivity index (χ1n) is 4.80. The first kappa shape index (κ1) is 11.3. The molecule has 0 unspecified atom stereocenters. The van der Waals surface area contributed by atoms with Crippen LogP contribution in [0.1, 0.15) is 5.56 Å². The van der Waals surface area contributed by atoms with Crippen molar-refractivity contribution in [1.29, 1.82) is 0 Å². The maximum absolute atomic E-state index is 13.3. The van der Waals surface area contributed by atoms with Crippen LogP contribution < -0.4 is 0 Å². The van der Waals surface area contributed by atoms with Gasteiger partial charge >= 0.3 is 4.83 Å². The fourth-order valence-electron chi connectivity index (χ4n) is 1.60. The zero-order valence-electron chi connectivity index (χ0n) is 8.33. The molecule has 2 rings (SSSR count). The lowest BCUT2D eigenvalue weighted by Gasteiger charge is -2.14. The molecule has 0 radical (unpaired) electrons. The number of hydrogen-bond donors (Lipinski definition) is 0. The van der Waals surface area contributed by atoms with E-state index < -0.39 is 4.83 Å². The average Bonchev–Trinajstić information content (AvgIpc) is 2.29. The highest BCUT2D eigenvalue weighted by atomic mass is 79.9. The fraction of sp³-hybridized carbons (Fsp3) is 0.0769. The SMILES string of the molecule is FC(F)(Br)c1ccccc1-c1ccccc1. The van der Waals surface area contributed by atoms with Crippen LogP contribution in [0.5, 0.6) is 0 Å². The zero-order valence-corrected chi connectivity index (χ0v) is 9.92. The number of halogens is 3. The maximum Gasteiger partial charge on any atom is 0.327 e. The van der Waals surface area contributed by atoms with Crippen LogP contribution in [-0.2, 0) is 4.83 Å². The van der Waals surface area contributed by atoms with Crippen LogP contribution in [0, 0.1) is 0 Å². The van der Waals surface area contributed by atoms with Gasteiger partial charge in [-0.15, -0.1) is 0 Å². The van der Waals surface area contributed by atoms with E-state index in [1.165, 1.54) is 6.07 Å². The fourth-order valence-corrected chi connectivity index (χ4v) is 1.95. The highest BCUT2D eigenvalue weighted by Gasteiger charge is 2.29. The second kappa shape index (κ2) is 4.34. The molecule has 0 bridgehead atoms. The van der Waals surface area contributed by atoms with Crippen LogP contribution in [0.25, 0.3) is 11.1 Å². The van der Waals surface area contributed by atoms with Crippen molar-refractivity contribution in [2.24, 2.45) is 0 Å². The summed E-state index contributed by atoms with van der Waals surface area (Å²) in [5, 5.41) is 0. The third kappa shape index (κ3) is 2.30. The molecule has 0 atom stereocenters. The van der Waals surface area contributed by atoms with Crippen LogP contribution in [-0.4, -0.2) is 0 Å². The molecule has 82 valence electrons. The van der Waals surface area contributed by atoms with Crippen molar-refractivity contribution in [3.63, 3.8) is 0 Å². The van der Waals surface area contributed by atoms with E-state index in [4.69, 9.17) is 0 Å². The van der Waals surface area contributed by atoms with Gasteiger partial charge in [0.25, 0.3) is 0 Å². The van der Waals surface area contributed by atoms with Gasteiger partial charge in [0, 0.05) is 5.56 Å². The Morgan fingerprint density at radius 1 is 0.812 bits per heavy atom. The summed E-state index contributed by atoms with van der Waals surface area (Å²) < 4.78 is 26.6. The molecule has 0 aliphatic rings. The normalized spacial score (nSPS) is 11.4. The largest absolute Gasteiger partial charge is 0.327 e. The Morgan fingerprint density at radius 2 is 1.38 bits per heavy atom. The summed E-state index contributed by atoms with van der Waals surface area (Å²) >= 11 is 2.40. The summed E-state index contributed by atoms with van der Waals surface area (Å²) in [6, 6.07) is 15.6. The first-order chi connectivity index (χ1) is 7.59. The van der Waals surface area contributed by atoms with Crippen LogP contribution >= 0.6 is 15.9 Å². The lowest BCUT2D eigenvalue weighted by Crippen LogP contribution is -2.04. The average molecular weight is 283 g/mol. The van der Waals surface area contributed by atoms with Gasteiger partial charge in [-0.05, 0) is 27.1 Å². The molecule has 0 aliphatic heterocycles. The van der Waals surface area contributed by atoms with Crippen molar-refractivity contribution in [2.45, 2.75) is 4.83 Å². The third-order valence-electron chi connectivity index (χ3n) is 2.32. The molecule has 0 saturated heterocycles. The molecule has 0 spiro atoms. The van der Waals surface area contributed by atoms with E-state index in [0.29, 0.717) is 5.56 Å². The minimum atomic E-state index is -3.00. The molecule has 3 heteroatoms. The van der Waals surface area contributed by atoms with E-state index in [2.05, 4.69) is 15.9 Å². The van der Waals surface area contributed by atoms with Crippen molar-refractivity contribution in [1.82, 2.24) is 0 Å². The van der Waals surface area contributed by atoms with Gasteiger partial charge in [-0.1, -0.05) is 54.6 Å². The molecule has 16 heavy (non-hydrogen) atoms. The topological polar surface area (TPSA) is 0 Å². The summed E-state index contributed by atoms with van der Waals surface area (Å²) in [7, 11) is 0. The van der Waals surface area contributed by atoms with Crippen molar-refractivity contribution in [3.05, 3.63) is 60.2 Å². The zero-order chi connectivity index (χ0) is 11.6. The predicted molar refractivity (Wildman–Crippen MR) is 64.7 cm³/mol. The summed E-state index contributed by atoms with van der Waals surface area (Å²) in [6.45, 7) is 0. The van der Waals surface area contributed by atoms with Gasteiger partial charge in [-0.25, -0.2) is 0 Å². The van der Waals surface area contributed by atoms with Crippen molar-refractivity contribution in [3.8, 4) is 11.1 Å². The number of alkyl halides is 3. The van der Waals surface area contributed by atoms with Gasteiger partial charge in [0.15, 0.2) is 0 Å². The molecule has 0 heterocycles. The molecule has 0 fully saturated rings. The molecule has 0 saturated carbocycles. The molecule has 0 nitrogen and oxygen atoms in total. The second-order valence-electron chi connectivity index (χ2n) is 3.41. The van der Waals surface area contributed by atoms with E-state index >= 15 is 0 Å². The van der Waals surface area contributed by atoms with Crippen molar-refractivity contribution < 1.29 is 8.78 Å². The first-order valence-corrected chi connectivity index (χ1v) is 5.60. The van der Waals surface area contributed by atoms with Gasteiger partial charge in [0.1, 0.15) is 0 Å². The van der Waals surface area contributed by atoms with E-state index in [9.17, 15) is 8.78 Å². The maximum atomic E-state index is 13.3. The Morgan fingerprint density at radius 3 is 2.00 bits per heavy atom.